The number of benzene rings is 1. The molecule has 0 amide bonds. The Morgan fingerprint density at radius 2 is 2.16 bits per heavy atom. The van der Waals surface area contributed by atoms with Gasteiger partial charge in [-0.1, -0.05) is 0 Å². The molecule has 6 heteroatoms. The molecule has 0 fully saturated rings. The van der Waals surface area contributed by atoms with Crippen LogP contribution in [0.1, 0.15) is 17.3 Å². The first-order valence-electron chi connectivity index (χ1n) is 5.83. The predicted molar refractivity (Wildman–Crippen MR) is 74.1 cm³/mol. The van der Waals surface area contributed by atoms with E-state index in [1.807, 2.05) is 6.92 Å². The molecule has 1 rings (SSSR count). The van der Waals surface area contributed by atoms with Crippen LogP contribution in [-0.4, -0.2) is 44.4 Å². The minimum atomic E-state index is -0.720. The summed E-state index contributed by atoms with van der Waals surface area (Å²) in [6, 6.07) is 3.20. The fraction of sp³-hybridized carbons (Fsp3) is 0.462. The van der Waals surface area contributed by atoms with Gasteiger partial charge in [-0.3, -0.25) is 4.79 Å². The highest BCUT2D eigenvalue weighted by Gasteiger charge is 2.13. The van der Waals surface area contributed by atoms with E-state index in [0.717, 1.165) is 6.29 Å². The van der Waals surface area contributed by atoms with Gasteiger partial charge in [0.05, 0.1) is 18.2 Å². The van der Waals surface area contributed by atoms with Gasteiger partial charge >= 0.3 is 0 Å². The van der Waals surface area contributed by atoms with Gasteiger partial charge < -0.3 is 19.3 Å². The summed E-state index contributed by atoms with van der Waals surface area (Å²) in [6.07, 6.45) is 0.00312. The van der Waals surface area contributed by atoms with Crippen LogP contribution in [0.25, 0.3) is 0 Å². The van der Waals surface area contributed by atoms with Gasteiger partial charge in [-0.2, -0.15) is 0 Å². The number of methoxy groups -OCH3 is 1. The molecule has 5 nitrogen and oxygen atoms in total. The molecule has 0 aliphatic heterocycles. The van der Waals surface area contributed by atoms with Crippen molar-refractivity contribution in [1.29, 1.82) is 0 Å². The standard InChI is InChI=1S/C13H17BrO5/c1-3-18-7-10(16)8-19-13-11(14)4-9(6-15)5-12(13)17-2/h4-6,10,16H,3,7-8H2,1-2H3. The Bertz CT molecular complexity index is 422. The largest absolute Gasteiger partial charge is 0.493 e. The maximum atomic E-state index is 10.7. The van der Waals surface area contributed by atoms with Gasteiger partial charge in [-0.25, -0.2) is 0 Å². The summed E-state index contributed by atoms with van der Waals surface area (Å²) in [4.78, 5) is 10.7. The van der Waals surface area contributed by atoms with Crippen LogP contribution in [0.2, 0.25) is 0 Å². The lowest BCUT2D eigenvalue weighted by molar-refractivity contribution is 0.0158. The second kappa shape index (κ2) is 8.14. The average Bonchev–Trinajstić information content (AvgIpc) is 2.42. The number of halogens is 1. The van der Waals surface area contributed by atoms with Crippen molar-refractivity contribution < 1.29 is 24.1 Å². The van der Waals surface area contributed by atoms with E-state index in [9.17, 15) is 9.90 Å². The average molecular weight is 333 g/mol. The van der Waals surface area contributed by atoms with Crippen molar-refractivity contribution in [1.82, 2.24) is 0 Å². The molecule has 0 bridgehead atoms. The second-order valence-corrected chi connectivity index (χ2v) is 4.63. The molecule has 0 saturated heterocycles. The Balaban J connectivity index is 2.74. The molecule has 0 aromatic heterocycles. The minimum Gasteiger partial charge on any atom is -0.493 e. The van der Waals surface area contributed by atoms with E-state index in [4.69, 9.17) is 14.2 Å². The summed E-state index contributed by atoms with van der Waals surface area (Å²) >= 11 is 3.31. The van der Waals surface area contributed by atoms with Crippen molar-refractivity contribution in [3.63, 3.8) is 0 Å². The van der Waals surface area contributed by atoms with Crippen molar-refractivity contribution in [3.05, 3.63) is 22.2 Å². The van der Waals surface area contributed by atoms with Crippen LogP contribution in [0.15, 0.2) is 16.6 Å². The third kappa shape index (κ3) is 4.81. The first kappa shape index (κ1) is 15.9. The molecule has 106 valence electrons. The Labute approximate surface area is 120 Å². The van der Waals surface area contributed by atoms with Crippen molar-refractivity contribution >= 4 is 22.2 Å². The van der Waals surface area contributed by atoms with E-state index in [1.54, 1.807) is 12.1 Å². The molecule has 0 spiro atoms. The molecule has 1 N–H and O–H groups in total. The lowest BCUT2D eigenvalue weighted by atomic mass is 10.2. The third-order valence-corrected chi connectivity index (χ3v) is 2.91. The van der Waals surface area contributed by atoms with Crippen molar-refractivity contribution in [2.75, 3.05) is 26.9 Å². The highest BCUT2D eigenvalue weighted by Crippen LogP contribution is 2.36. The topological polar surface area (TPSA) is 65.0 Å². The molecule has 1 aromatic carbocycles. The lowest BCUT2D eigenvalue weighted by Gasteiger charge is -2.16. The van der Waals surface area contributed by atoms with E-state index >= 15 is 0 Å². The molecular formula is C13H17BrO5. The molecular weight excluding hydrogens is 316 g/mol. The first-order valence-corrected chi connectivity index (χ1v) is 6.63. The normalized spacial score (nSPS) is 12.0. The van der Waals surface area contributed by atoms with Crippen LogP contribution in [0.3, 0.4) is 0 Å². The number of aliphatic hydroxyl groups is 1. The van der Waals surface area contributed by atoms with E-state index < -0.39 is 6.10 Å². The van der Waals surface area contributed by atoms with Gasteiger partial charge in [0.15, 0.2) is 11.5 Å². The number of carbonyl (C=O) groups excluding carboxylic acids is 1. The molecule has 0 aliphatic carbocycles. The number of rotatable bonds is 8. The SMILES string of the molecule is CCOCC(O)COc1c(Br)cc(C=O)cc1OC. The van der Waals surface area contributed by atoms with Crippen LogP contribution in [0, 0.1) is 0 Å². The van der Waals surface area contributed by atoms with Crippen molar-refractivity contribution in [3.8, 4) is 11.5 Å². The van der Waals surface area contributed by atoms with E-state index in [1.165, 1.54) is 7.11 Å². The fourth-order valence-electron chi connectivity index (χ4n) is 1.43. The summed E-state index contributed by atoms with van der Waals surface area (Å²) < 4.78 is 16.3. The van der Waals surface area contributed by atoms with Crippen LogP contribution < -0.4 is 9.47 Å². The minimum absolute atomic E-state index is 0.0788. The van der Waals surface area contributed by atoms with Crippen molar-refractivity contribution in [2.24, 2.45) is 0 Å². The van der Waals surface area contributed by atoms with E-state index in [0.29, 0.717) is 28.1 Å². The van der Waals surface area contributed by atoms with Crippen LogP contribution >= 0.6 is 15.9 Å². The van der Waals surface area contributed by atoms with E-state index in [2.05, 4.69) is 15.9 Å². The number of aldehydes is 1. The van der Waals surface area contributed by atoms with Crippen molar-refractivity contribution in [2.45, 2.75) is 13.0 Å². The maximum Gasteiger partial charge on any atom is 0.175 e. The molecule has 0 aliphatic rings. The second-order valence-electron chi connectivity index (χ2n) is 3.78. The van der Waals surface area contributed by atoms with Gasteiger partial charge in [-0.05, 0) is 35.0 Å². The monoisotopic (exact) mass is 332 g/mol. The fourth-order valence-corrected chi connectivity index (χ4v) is 2.00. The molecule has 0 radical (unpaired) electrons. The van der Waals surface area contributed by atoms with Gasteiger partial charge in [-0.15, -0.1) is 0 Å². The zero-order chi connectivity index (χ0) is 14.3. The summed E-state index contributed by atoms with van der Waals surface area (Å²) in [5.74, 6) is 0.878. The highest BCUT2D eigenvalue weighted by atomic mass is 79.9. The zero-order valence-electron chi connectivity index (χ0n) is 10.9. The first-order chi connectivity index (χ1) is 9.12. The Kier molecular flexibility index (Phi) is 6.83. The lowest BCUT2D eigenvalue weighted by Crippen LogP contribution is -2.23. The molecule has 19 heavy (non-hydrogen) atoms. The van der Waals surface area contributed by atoms with Gasteiger partial charge in [0.25, 0.3) is 0 Å². The Hall–Kier alpha value is -1.11. The summed E-state index contributed by atoms with van der Waals surface area (Å²) in [5, 5.41) is 9.63. The molecule has 1 atom stereocenters. The van der Waals surface area contributed by atoms with Gasteiger partial charge in [0.2, 0.25) is 0 Å². The predicted octanol–water partition coefficient (Wildman–Crippen LogP) is 2.05. The number of hydrogen-bond donors (Lipinski definition) is 1. The molecule has 1 unspecified atom stereocenters. The van der Waals surface area contributed by atoms with Gasteiger partial charge in [0, 0.05) is 12.2 Å². The highest BCUT2D eigenvalue weighted by molar-refractivity contribution is 9.10. The van der Waals surface area contributed by atoms with Crippen LogP contribution in [-0.2, 0) is 4.74 Å². The summed E-state index contributed by atoms with van der Waals surface area (Å²) in [5.41, 5.74) is 0.478. The number of ether oxygens (including phenoxy) is 3. The zero-order valence-corrected chi connectivity index (χ0v) is 12.5. The maximum absolute atomic E-state index is 10.7. The smallest absolute Gasteiger partial charge is 0.175 e. The summed E-state index contributed by atoms with van der Waals surface area (Å²) in [7, 11) is 1.49. The Morgan fingerprint density at radius 1 is 1.42 bits per heavy atom. The Morgan fingerprint density at radius 3 is 2.74 bits per heavy atom. The molecule has 1 aromatic rings. The van der Waals surface area contributed by atoms with Crippen LogP contribution in [0.5, 0.6) is 11.5 Å². The summed E-state index contributed by atoms with van der Waals surface area (Å²) in [6.45, 7) is 2.68. The number of aliphatic hydroxyl groups excluding tert-OH is 1. The van der Waals surface area contributed by atoms with E-state index in [-0.39, 0.29) is 13.2 Å². The quantitative estimate of drug-likeness (QED) is 0.738. The van der Waals surface area contributed by atoms with Gasteiger partial charge in [0.1, 0.15) is 19.0 Å². The number of hydrogen-bond acceptors (Lipinski definition) is 5. The number of carbonyl (C=O) groups is 1. The molecule has 0 heterocycles. The third-order valence-electron chi connectivity index (χ3n) is 2.32. The van der Waals surface area contributed by atoms with Crippen LogP contribution in [0.4, 0.5) is 0 Å². The molecule has 0 saturated carbocycles.